The first-order valence-corrected chi connectivity index (χ1v) is 8.36. The molecule has 2 rings (SSSR count). The molecule has 3 atom stereocenters. The molecule has 1 unspecified atom stereocenters. The van der Waals surface area contributed by atoms with Crippen LogP contribution in [0.3, 0.4) is 0 Å². The lowest BCUT2D eigenvalue weighted by atomic mass is 10.1. The molecule has 1 saturated carbocycles. The van der Waals surface area contributed by atoms with Crippen molar-refractivity contribution in [1.82, 2.24) is 5.32 Å². The van der Waals surface area contributed by atoms with Crippen molar-refractivity contribution in [1.29, 1.82) is 0 Å². The first-order chi connectivity index (χ1) is 10.0. The van der Waals surface area contributed by atoms with Crippen molar-refractivity contribution in [2.75, 3.05) is 5.75 Å². The summed E-state index contributed by atoms with van der Waals surface area (Å²) < 4.78 is 12.0. The van der Waals surface area contributed by atoms with Crippen molar-refractivity contribution < 1.29 is 18.9 Å². The second kappa shape index (κ2) is 6.85. The Morgan fingerprint density at radius 2 is 2.05 bits per heavy atom. The van der Waals surface area contributed by atoms with Crippen LogP contribution in [-0.2, 0) is 15.6 Å². The van der Waals surface area contributed by atoms with E-state index < -0.39 is 16.8 Å². The summed E-state index contributed by atoms with van der Waals surface area (Å²) in [6.45, 7) is 1.80. The SMILES string of the molecule is CCS(=O)c1ccccc1C(=O)N[C@H]1CC[C@@H](C(=O)O)C1. The van der Waals surface area contributed by atoms with Crippen molar-refractivity contribution in [3.8, 4) is 0 Å². The van der Waals surface area contributed by atoms with Gasteiger partial charge in [0.05, 0.1) is 27.2 Å². The number of hydrogen-bond donors (Lipinski definition) is 2. The maximum absolute atomic E-state index is 12.3. The Morgan fingerprint density at radius 1 is 1.33 bits per heavy atom. The quantitative estimate of drug-likeness (QED) is 0.868. The van der Waals surface area contributed by atoms with Gasteiger partial charge >= 0.3 is 5.97 Å². The molecule has 1 aromatic carbocycles. The number of benzene rings is 1. The summed E-state index contributed by atoms with van der Waals surface area (Å²) in [4.78, 5) is 23.8. The fourth-order valence-electron chi connectivity index (χ4n) is 2.61. The van der Waals surface area contributed by atoms with Crippen LogP contribution in [-0.4, -0.2) is 33.0 Å². The first kappa shape index (κ1) is 15.7. The summed E-state index contributed by atoms with van der Waals surface area (Å²) in [6.07, 6.45) is 1.71. The molecule has 0 saturated heterocycles. The highest BCUT2D eigenvalue weighted by Gasteiger charge is 2.31. The number of carbonyl (C=O) groups excluding carboxylic acids is 1. The minimum Gasteiger partial charge on any atom is -0.481 e. The predicted molar refractivity (Wildman–Crippen MR) is 79.6 cm³/mol. The molecule has 1 aromatic rings. The smallest absolute Gasteiger partial charge is 0.306 e. The molecule has 114 valence electrons. The highest BCUT2D eigenvalue weighted by atomic mass is 32.2. The van der Waals surface area contributed by atoms with Crippen molar-refractivity contribution in [2.24, 2.45) is 5.92 Å². The maximum Gasteiger partial charge on any atom is 0.306 e. The molecule has 0 heterocycles. The van der Waals surface area contributed by atoms with Crippen LogP contribution in [0.5, 0.6) is 0 Å². The lowest BCUT2D eigenvalue weighted by molar-refractivity contribution is -0.141. The summed E-state index contributed by atoms with van der Waals surface area (Å²) >= 11 is 0. The third-order valence-corrected chi connectivity index (χ3v) is 5.13. The van der Waals surface area contributed by atoms with Crippen LogP contribution in [0.1, 0.15) is 36.5 Å². The Kier molecular flexibility index (Phi) is 5.12. The molecule has 2 N–H and O–H groups in total. The highest BCUT2D eigenvalue weighted by Crippen LogP contribution is 2.26. The van der Waals surface area contributed by atoms with Crippen LogP contribution in [0.15, 0.2) is 29.2 Å². The minimum atomic E-state index is -1.19. The Balaban J connectivity index is 2.08. The van der Waals surface area contributed by atoms with Crippen molar-refractivity contribution in [3.05, 3.63) is 29.8 Å². The topological polar surface area (TPSA) is 83.5 Å². The zero-order valence-electron chi connectivity index (χ0n) is 11.9. The summed E-state index contributed by atoms with van der Waals surface area (Å²) in [5.41, 5.74) is 0.413. The van der Waals surface area contributed by atoms with Crippen LogP contribution in [0.4, 0.5) is 0 Å². The zero-order valence-corrected chi connectivity index (χ0v) is 12.7. The molecule has 1 amide bonds. The van der Waals surface area contributed by atoms with E-state index in [4.69, 9.17) is 5.11 Å². The van der Waals surface area contributed by atoms with Gasteiger partial charge in [-0.25, -0.2) is 0 Å². The van der Waals surface area contributed by atoms with E-state index in [0.717, 1.165) is 0 Å². The van der Waals surface area contributed by atoms with E-state index in [2.05, 4.69) is 5.32 Å². The molecule has 0 aliphatic heterocycles. The fraction of sp³-hybridized carbons (Fsp3) is 0.467. The zero-order chi connectivity index (χ0) is 15.4. The van der Waals surface area contributed by atoms with Gasteiger partial charge in [0.2, 0.25) is 0 Å². The summed E-state index contributed by atoms with van der Waals surface area (Å²) in [5, 5.41) is 11.8. The van der Waals surface area contributed by atoms with Gasteiger partial charge in [-0.05, 0) is 31.4 Å². The van der Waals surface area contributed by atoms with Gasteiger partial charge < -0.3 is 10.4 Å². The van der Waals surface area contributed by atoms with E-state index in [9.17, 15) is 13.8 Å². The largest absolute Gasteiger partial charge is 0.481 e. The number of carboxylic acid groups (broad SMARTS) is 1. The van der Waals surface area contributed by atoms with Gasteiger partial charge in [0.15, 0.2) is 0 Å². The van der Waals surface area contributed by atoms with Crippen molar-refractivity contribution >= 4 is 22.7 Å². The van der Waals surface area contributed by atoms with Gasteiger partial charge in [0, 0.05) is 11.8 Å². The van der Waals surface area contributed by atoms with Crippen LogP contribution < -0.4 is 5.32 Å². The number of hydrogen-bond acceptors (Lipinski definition) is 3. The molecular weight excluding hydrogens is 290 g/mol. The lowest BCUT2D eigenvalue weighted by Crippen LogP contribution is -2.34. The summed E-state index contributed by atoms with van der Waals surface area (Å²) in [5.74, 6) is -1.01. The molecule has 0 bridgehead atoms. The van der Waals surface area contributed by atoms with Gasteiger partial charge in [-0.1, -0.05) is 19.1 Å². The van der Waals surface area contributed by atoms with Crippen LogP contribution >= 0.6 is 0 Å². The molecule has 0 aromatic heterocycles. The Morgan fingerprint density at radius 3 is 2.67 bits per heavy atom. The second-order valence-corrected chi connectivity index (χ2v) is 6.86. The molecule has 5 nitrogen and oxygen atoms in total. The molecule has 6 heteroatoms. The second-order valence-electron chi connectivity index (χ2n) is 5.15. The van der Waals surface area contributed by atoms with E-state index in [1.807, 2.05) is 0 Å². The highest BCUT2D eigenvalue weighted by molar-refractivity contribution is 7.85. The Hall–Kier alpha value is -1.69. The Labute approximate surface area is 126 Å². The molecule has 1 fully saturated rings. The van der Waals surface area contributed by atoms with Gasteiger partial charge in [-0.15, -0.1) is 0 Å². The minimum absolute atomic E-state index is 0.123. The van der Waals surface area contributed by atoms with E-state index in [0.29, 0.717) is 35.5 Å². The number of carboxylic acids is 1. The summed E-state index contributed by atoms with van der Waals surface area (Å²) in [6, 6.07) is 6.72. The average molecular weight is 309 g/mol. The standard InChI is InChI=1S/C15H19NO4S/c1-2-21(20)13-6-4-3-5-12(13)14(17)16-11-8-7-10(9-11)15(18)19/h3-6,10-11H,2,7-9H2,1H3,(H,16,17)(H,18,19)/t10-,11+,21?/m1/s1. The molecule has 1 aliphatic rings. The third kappa shape index (κ3) is 3.69. The monoisotopic (exact) mass is 309 g/mol. The van der Waals surface area contributed by atoms with Gasteiger partial charge in [0.25, 0.3) is 5.91 Å². The van der Waals surface area contributed by atoms with Gasteiger partial charge in [-0.2, -0.15) is 0 Å². The van der Waals surface area contributed by atoms with E-state index in [1.54, 1.807) is 31.2 Å². The number of rotatable bonds is 5. The maximum atomic E-state index is 12.3. The first-order valence-electron chi connectivity index (χ1n) is 7.04. The third-order valence-electron chi connectivity index (χ3n) is 3.76. The summed E-state index contributed by atoms with van der Waals surface area (Å²) in [7, 11) is -1.19. The van der Waals surface area contributed by atoms with Crippen LogP contribution in [0, 0.1) is 5.92 Å². The molecular formula is C15H19NO4S. The van der Waals surface area contributed by atoms with Gasteiger partial charge in [0.1, 0.15) is 0 Å². The fourth-order valence-corrected chi connectivity index (χ4v) is 3.56. The molecule has 1 aliphatic carbocycles. The number of carbonyl (C=O) groups is 2. The van der Waals surface area contributed by atoms with Crippen LogP contribution in [0.25, 0.3) is 0 Å². The average Bonchev–Trinajstić information content (AvgIpc) is 2.95. The number of nitrogens with one attached hydrogen (secondary N) is 1. The van der Waals surface area contributed by atoms with E-state index >= 15 is 0 Å². The van der Waals surface area contributed by atoms with Crippen molar-refractivity contribution in [3.63, 3.8) is 0 Å². The lowest BCUT2D eigenvalue weighted by Gasteiger charge is -2.14. The van der Waals surface area contributed by atoms with Crippen molar-refractivity contribution in [2.45, 2.75) is 37.1 Å². The normalized spacial score (nSPS) is 22.7. The predicted octanol–water partition coefficient (Wildman–Crippen LogP) is 1.80. The molecule has 0 spiro atoms. The van der Waals surface area contributed by atoms with E-state index in [1.165, 1.54) is 0 Å². The number of amides is 1. The van der Waals surface area contributed by atoms with Gasteiger partial charge in [-0.3, -0.25) is 13.8 Å². The molecule has 21 heavy (non-hydrogen) atoms. The van der Waals surface area contributed by atoms with Crippen LogP contribution in [0.2, 0.25) is 0 Å². The Bertz CT molecular complexity index is 573. The van der Waals surface area contributed by atoms with E-state index in [-0.39, 0.29) is 17.9 Å². The number of aliphatic carboxylic acids is 1. The molecule has 0 radical (unpaired) electrons.